The van der Waals surface area contributed by atoms with Crippen molar-refractivity contribution in [2.45, 2.75) is 37.5 Å². The van der Waals surface area contributed by atoms with Crippen LogP contribution in [0.4, 0.5) is 4.79 Å². The normalized spacial score (nSPS) is 23.0. The summed E-state index contributed by atoms with van der Waals surface area (Å²) in [5, 5.41) is 10.6. The van der Waals surface area contributed by atoms with Gasteiger partial charge in [-0.1, -0.05) is 6.07 Å². The molecule has 2 aliphatic rings. The summed E-state index contributed by atoms with van der Waals surface area (Å²) in [6.07, 6.45) is 2.32. The van der Waals surface area contributed by atoms with Crippen molar-refractivity contribution in [1.29, 1.82) is 0 Å². The van der Waals surface area contributed by atoms with Gasteiger partial charge < -0.3 is 25.4 Å². The van der Waals surface area contributed by atoms with Crippen LogP contribution in [0.1, 0.15) is 35.2 Å². The van der Waals surface area contributed by atoms with E-state index in [4.69, 9.17) is 9.47 Å². The number of hydrogen-bond acceptors (Lipinski definition) is 7. The highest BCUT2D eigenvalue weighted by Gasteiger charge is 2.47. The molecular weight excluding hydrogens is 392 g/mol. The minimum absolute atomic E-state index is 0.0161. The van der Waals surface area contributed by atoms with Gasteiger partial charge in [0.25, 0.3) is 5.91 Å². The predicted octanol–water partition coefficient (Wildman–Crippen LogP) is -0.139. The molecular formula is C20H26N4O6. The van der Waals surface area contributed by atoms with Gasteiger partial charge in [0.15, 0.2) is 6.29 Å². The van der Waals surface area contributed by atoms with E-state index in [1.54, 1.807) is 18.2 Å². The minimum Gasteiger partial charge on any atom is -0.497 e. The van der Waals surface area contributed by atoms with E-state index in [0.717, 1.165) is 19.1 Å². The number of benzene rings is 1. The van der Waals surface area contributed by atoms with Crippen LogP contribution >= 0.6 is 0 Å². The van der Waals surface area contributed by atoms with E-state index < -0.39 is 17.5 Å². The minimum atomic E-state index is -1.41. The summed E-state index contributed by atoms with van der Waals surface area (Å²) in [6, 6.07) is 4.43. The highest BCUT2D eigenvalue weighted by Crippen LogP contribution is 2.18. The second-order valence-corrected chi connectivity index (χ2v) is 7.39. The highest BCUT2D eigenvalue weighted by molar-refractivity contribution is 6.09. The Morgan fingerprint density at radius 3 is 2.87 bits per heavy atom. The molecule has 2 fully saturated rings. The number of methoxy groups -OCH3 is 1. The van der Waals surface area contributed by atoms with Crippen molar-refractivity contribution in [2.24, 2.45) is 0 Å². The number of carbonyl (C=O) groups is 4. The van der Waals surface area contributed by atoms with Crippen molar-refractivity contribution in [2.75, 3.05) is 26.8 Å². The van der Waals surface area contributed by atoms with E-state index in [-0.39, 0.29) is 31.5 Å². The molecule has 30 heavy (non-hydrogen) atoms. The summed E-state index contributed by atoms with van der Waals surface area (Å²) < 4.78 is 10.6. The highest BCUT2D eigenvalue weighted by atomic mass is 16.5. The third kappa shape index (κ3) is 5.14. The molecule has 0 bridgehead atoms. The molecule has 1 aromatic rings. The average molecular weight is 418 g/mol. The Labute approximate surface area is 174 Å². The lowest BCUT2D eigenvalue weighted by Gasteiger charge is -2.26. The molecule has 2 saturated heterocycles. The lowest BCUT2D eigenvalue weighted by atomic mass is 9.94. The van der Waals surface area contributed by atoms with Crippen LogP contribution in [-0.2, 0) is 20.9 Å². The van der Waals surface area contributed by atoms with E-state index in [1.807, 2.05) is 0 Å². The number of carbonyl (C=O) groups excluding carboxylic acids is 4. The Hall–Kier alpha value is -2.98. The molecule has 4 amide bonds. The summed E-state index contributed by atoms with van der Waals surface area (Å²) in [5.41, 5.74) is -0.260. The largest absolute Gasteiger partial charge is 0.497 e. The van der Waals surface area contributed by atoms with Crippen LogP contribution < -0.4 is 26.0 Å². The summed E-state index contributed by atoms with van der Waals surface area (Å²) in [4.78, 5) is 47.9. The molecule has 4 N–H and O–H groups in total. The van der Waals surface area contributed by atoms with E-state index in [9.17, 15) is 19.2 Å². The summed E-state index contributed by atoms with van der Waals surface area (Å²) >= 11 is 0. The fraction of sp³-hybridized carbons (Fsp3) is 0.500. The van der Waals surface area contributed by atoms with E-state index in [0.29, 0.717) is 30.0 Å². The van der Waals surface area contributed by atoms with Crippen molar-refractivity contribution < 1.29 is 28.7 Å². The van der Waals surface area contributed by atoms with Gasteiger partial charge >= 0.3 is 6.03 Å². The zero-order valence-corrected chi connectivity index (χ0v) is 16.8. The Kier molecular flexibility index (Phi) is 7.01. The number of nitrogens with one attached hydrogen (secondary N) is 4. The monoisotopic (exact) mass is 418 g/mol. The van der Waals surface area contributed by atoms with Crippen molar-refractivity contribution in [1.82, 2.24) is 21.3 Å². The van der Waals surface area contributed by atoms with Gasteiger partial charge in [0, 0.05) is 31.8 Å². The Bertz CT molecular complexity index is 824. The molecule has 10 heteroatoms. The number of rotatable bonds is 10. The van der Waals surface area contributed by atoms with Gasteiger partial charge in [-0.2, -0.15) is 0 Å². The molecule has 2 unspecified atom stereocenters. The molecule has 0 saturated carbocycles. The van der Waals surface area contributed by atoms with Crippen molar-refractivity contribution >= 4 is 24.1 Å². The molecule has 0 radical (unpaired) electrons. The summed E-state index contributed by atoms with van der Waals surface area (Å²) in [7, 11) is 1.51. The average Bonchev–Trinajstić information content (AvgIpc) is 3.34. The van der Waals surface area contributed by atoms with Crippen molar-refractivity contribution in [3.8, 4) is 5.75 Å². The van der Waals surface area contributed by atoms with Crippen LogP contribution in [0.25, 0.3) is 0 Å². The van der Waals surface area contributed by atoms with Crippen LogP contribution in [0, 0.1) is 0 Å². The number of hydrogen-bond donors (Lipinski definition) is 4. The van der Waals surface area contributed by atoms with Gasteiger partial charge in [-0.3, -0.25) is 19.7 Å². The van der Waals surface area contributed by atoms with Crippen molar-refractivity contribution in [3.05, 3.63) is 29.3 Å². The van der Waals surface area contributed by atoms with Gasteiger partial charge in [0.1, 0.15) is 11.3 Å². The number of imide groups is 1. The zero-order valence-electron chi connectivity index (χ0n) is 16.8. The van der Waals surface area contributed by atoms with Gasteiger partial charge in [-0.15, -0.1) is 0 Å². The third-order valence-electron chi connectivity index (χ3n) is 5.25. The lowest BCUT2D eigenvalue weighted by Crippen LogP contribution is -2.56. The standard InChI is InChI=1S/C20H26N4O6/c1-29-15-5-4-13(14(7-15)11-25)9-21-12-20(18(27)23-19(28)24-20)8-17(26)22-10-16-3-2-6-30-16/h4-5,7,11,16,21H,2-3,6,8-10,12H2,1H3,(H,22,26)(H2,23,24,27,28). The number of urea groups is 1. The maximum Gasteiger partial charge on any atom is 0.322 e. The second-order valence-electron chi connectivity index (χ2n) is 7.39. The molecule has 0 aliphatic carbocycles. The maximum atomic E-state index is 12.4. The molecule has 162 valence electrons. The zero-order chi connectivity index (χ0) is 21.6. The van der Waals surface area contributed by atoms with E-state index in [2.05, 4.69) is 21.3 Å². The van der Waals surface area contributed by atoms with E-state index >= 15 is 0 Å². The molecule has 2 heterocycles. The first kappa shape index (κ1) is 21.7. The predicted molar refractivity (Wildman–Crippen MR) is 106 cm³/mol. The van der Waals surface area contributed by atoms with Gasteiger partial charge in [0.2, 0.25) is 5.91 Å². The van der Waals surface area contributed by atoms with Gasteiger partial charge in [0.05, 0.1) is 19.6 Å². The van der Waals surface area contributed by atoms with Gasteiger partial charge in [-0.25, -0.2) is 4.79 Å². The lowest BCUT2D eigenvalue weighted by molar-refractivity contribution is -0.130. The van der Waals surface area contributed by atoms with Crippen LogP contribution in [0.5, 0.6) is 5.75 Å². The fourth-order valence-electron chi connectivity index (χ4n) is 3.59. The van der Waals surface area contributed by atoms with Crippen molar-refractivity contribution in [3.63, 3.8) is 0 Å². The van der Waals surface area contributed by atoms with E-state index in [1.165, 1.54) is 7.11 Å². The smallest absolute Gasteiger partial charge is 0.322 e. The molecule has 3 rings (SSSR count). The molecule has 1 aromatic carbocycles. The summed E-state index contributed by atoms with van der Waals surface area (Å²) in [6.45, 7) is 1.33. The third-order valence-corrected chi connectivity index (χ3v) is 5.25. The van der Waals surface area contributed by atoms with Gasteiger partial charge in [-0.05, 0) is 30.5 Å². The fourth-order valence-corrected chi connectivity index (χ4v) is 3.59. The SMILES string of the molecule is COc1ccc(CNCC2(CC(=O)NCC3CCCO3)NC(=O)NC2=O)c(C=O)c1. The molecule has 2 aliphatic heterocycles. The summed E-state index contributed by atoms with van der Waals surface area (Å²) in [5.74, 6) is -0.372. The molecule has 2 atom stereocenters. The Morgan fingerprint density at radius 2 is 2.23 bits per heavy atom. The van der Waals surface area contributed by atoms with Crippen LogP contribution in [0.2, 0.25) is 0 Å². The first-order chi connectivity index (χ1) is 14.5. The Morgan fingerprint density at radius 1 is 1.40 bits per heavy atom. The number of aldehydes is 1. The van der Waals surface area contributed by atoms with Crippen LogP contribution in [0.15, 0.2) is 18.2 Å². The van der Waals surface area contributed by atoms with Crippen LogP contribution in [-0.4, -0.2) is 62.6 Å². The topological polar surface area (TPSA) is 135 Å². The Balaban J connectivity index is 1.61. The first-order valence-electron chi connectivity index (χ1n) is 9.80. The van der Waals surface area contributed by atoms with Crippen LogP contribution in [0.3, 0.4) is 0 Å². The number of ether oxygens (including phenoxy) is 2. The number of amides is 4. The molecule has 10 nitrogen and oxygen atoms in total. The molecule has 0 aromatic heterocycles. The first-order valence-corrected chi connectivity index (χ1v) is 9.80. The second kappa shape index (κ2) is 9.68. The quantitative estimate of drug-likeness (QED) is 0.307. The maximum absolute atomic E-state index is 12.4. The molecule has 0 spiro atoms.